The van der Waals surface area contributed by atoms with Gasteiger partial charge >= 0.3 is 11.9 Å². The summed E-state index contributed by atoms with van der Waals surface area (Å²) in [6.07, 6.45) is -0.861. The number of rotatable bonds is 5. The summed E-state index contributed by atoms with van der Waals surface area (Å²) in [5, 5.41) is 0. The number of ether oxygens (including phenoxy) is 2. The van der Waals surface area contributed by atoms with Crippen LogP contribution in [0.3, 0.4) is 0 Å². The quantitative estimate of drug-likeness (QED) is 0.650. The number of benzene rings is 1. The Hall–Kier alpha value is -1.93. The van der Waals surface area contributed by atoms with Gasteiger partial charge in [-0.15, -0.1) is 0 Å². The smallest absolute Gasteiger partial charge is 0.339 e. The van der Waals surface area contributed by atoms with E-state index in [9.17, 15) is 22.6 Å². The van der Waals surface area contributed by atoms with Gasteiger partial charge in [0.2, 0.25) is 0 Å². The second-order valence-electron chi connectivity index (χ2n) is 5.09. The van der Waals surface area contributed by atoms with E-state index in [4.69, 9.17) is 9.47 Å². The molecule has 122 valence electrons. The van der Waals surface area contributed by atoms with Crippen LogP contribution in [0, 0.1) is 0 Å². The lowest BCUT2D eigenvalue weighted by molar-refractivity contribution is 0.0358. The Labute approximate surface area is 129 Å². The van der Waals surface area contributed by atoms with Crippen LogP contribution in [0.1, 0.15) is 48.4 Å². The van der Waals surface area contributed by atoms with E-state index in [1.807, 2.05) is 0 Å². The Morgan fingerprint density at radius 3 is 1.95 bits per heavy atom. The van der Waals surface area contributed by atoms with E-state index in [0.717, 1.165) is 12.1 Å². The molecule has 0 amide bonds. The molecular formula is C14H18O7S. The van der Waals surface area contributed by atoms with Crippen molar-refractivity contribution in [3.8, 4) is 0 Å². The van der Waals surface area contributed by atoms with E-state index < -0.39 is 39.2 Å². The largest absolute Gasteiger partial charge is 0.459 e. The topological polar surface area (TPSA) is 107 Å². The molecule has 0 aromatic heterocycles. The zero-order valence-corrected chi connectivity index (χ0v) is 13.5. The van der Waals surface area contributed by atoms with Crippen LogP contribution in [0.2, 0.25) is 0 Å². The van der Waals surface area contributed by atoms with Crippen molar-refractivity contribution in [2.75, 3.05) is 0 Å². The van der Waals surface area contributed by atoms with Gasteiger partial charge in [0.25, 0.3) is 10.1 Å². The minimum Gasteiger partial charge on any atom is -0.459 e. The maximum atomic E-state index is 11.9. The van der Waals surface area contributed by atoms with Crippen molar-refractivity contribution >= 4 is 22.1 Å². The molecule has 1 aromatic carbocycles. The minimum absolute atomic E-state index is 0.0950. The average Bonchev–Trinajstić information content (AvgIpc) is 2.35. The Bertz CT molecular complexity index is 674. The van der Waals surface area contributed by atoms with Crippen molar-refractivity contribution in [2.24, 2.45) is 0 Å². The molecule has 0 aliphatic heterocycles. The molecular weight excluding hydrogens is 312 g/mol. The minimum atomic E-state index is -4.71. The van der Waals surface area contributed by atoms with Gasteiger partial charge in [-0.3, -0.25) is 4.55 Å². The molecule has 0 heterocycles. The van der Waals surface area contributed by atoms with Crippen molar-refractivity contribution in [3.63, 3.8) is 0 Å². The first-order chi connectivity index (χ1) is 10.0. The summed E-state index contributed by atoms with van der Waals surface area (Å²) in [4.78, 5) is 22.9. The molecule has 0 bridgehead atoms. The fourth-order valence-electron chi connectivity index (χ4n) is 1.59. The molecule has 0 atom stereocenters. The molecule has 0 unspecified atom stereocenters. The lowest BCUT2D eigenvalue weighted by Gasteiger charge is -2.12. The summed E-state index contributed by atoms with van der Waals surface area (Å²) in [5.74, 6) is -1.67. The highest BCUT2D eigenvalue weighted by Crippen LogP contribution is 2.20. The van der Waals surface area contributed by atoms with Gasteiger partial charge in [-0.2, -0.15) is 8.42 Å². The van der Waals surface area contributed by atoms with Gasteiger partial charge in [0.1, 0.15) is 4.90 Å². The van der Waals surface area contributed by atoms with Crippen LogP contribution in [-0.2, 0) is 19.6 Å². The summed E-state index contributed by atoms with van der Waals surface area (Å²) in [5.41, 5.74) is -0.445. The molecule has 1 N–H and O–H groups in total. The van der Waals surface area contributed by atoms with Crippen LogP contribution in [0.5, 0.6) is 0 Å². The van der Waals surface area contributed by atoms with Gasteiger partial charge in [0.15, 0.2) is 0 Å². The van der Waals surface area contributed by atoms with Crippen LogP contribution >= 0.6 is 0 Å². The third kappa shape index (κ3) is 4.81. The van der Waals surface area contributed by atoms with Crippen LogP contribution in [0.4, 0.5) is 0 Å². The predicted octanol–water partition coefficient (Wildman–Crippen LogP) is 2.06. The van der Waals surface area contributed by atoms with Gasteiger partial charge in [-0.1, -0.05) is 0 Å². The van der Waals surface area contributed by atoms with E-state index in [0.29, 0.717) is 0 Å². The Balaban J connectivity index is 3.32. The summed E-state index contributed by atoms with van der Waals surface area (Å²) >= 11 is 0. The summed E-state index contributed by atoms with van der Waals surface area (Å²) in [7, 11) is -4.71. The van der Waals surface area contributed by atoms with Gasteiger partial charge < -0.3 is 9.47 Å². The number of carbonyl (C=O) groups is 2. The Morgan fingerprint density at radius 2 is 1.50 bits per heavy atom. The summed E-state index contributed by atoms with van der Waals surface area (Å²) < 4.78 is 42.0. The molecule has 0 saturated heterocycles. The van der Waals surface area contributed by atoms with Gasteiger partial charge in [-0.05, 0) is 45.9 Å². The van der Waals surface area contributed by atoms with Crippen molar-refractivity contribution in [1.82, 2.24) is 0 Å². The molecule has 7 nitrogen and oxygen atoms in total. The first kappa shape index (κ1) is 18.1. The van der Waals surface area contributed by atoms with Crippen molar-refractivity contribution in [3.05, 3.63) is 29.3 Å². The molecule has 0 radical (unpaired) electrons. The lowest BCUT2D eigenvalue weighted by Crippen LogP contribution is -2.17. The van der Waals surface area contributed by atoms with Crippen molar-refractivity contribution < 1.29 is 32.0 Å². The fourth-order valence-corrected chi connectivity index (χ4v) is 2.30. The number of hydrogen-bond acceptors (Lipinski definition) is 6. The van der Waals surface area contributed by atoms with Gasteiger partial charge in [0, 0.05) is 0 Å². The van der Waals surface area contributed by atoms with Crippen LogP contribution in [0.25, 0.3) is 0 Å². The molecule has 8 heteroatoms. The lowest BCUT2D eigenvalue weighted by atomic mass is 10.1. The maximum absolute atomic E-state index is 11.9. The maximum Gasteiger partial charge on any atom is 0.339 e. The molecule has 1 aromatic rings. The van der Waals surface area contributed by atoms with Gasteiger partial charge in [0.05, 0.1) is 23.3 Å². The van der Waals surface area contributed by atoms with Crippen molar-refractivity contribution in [1.29, 1.82) is 0 Å². The number of carbonyl (C=O) groups excluding carboxylic acids is 2. The van der Waals surface area contributed by atoms with E-state index in [2.05, 4.69) is 0 Å². The number of hydrogen-bond donors (Lipinski definition) is 1. The Kier molecular flexibility index (Phi) is 5.67. The van der Waals surface area contributed by atoms with Crippen LogP contribution in [-0.4, -0.2) is 37.1 Å². The van der Waals surface area contributed by atoms with Crippen LogP contribution < -0.4 is 0 Å². The molecule has 0 aliphatic carbocycles. The molecule has 1 rings (SSSR count). The third-order valence-electron chi connectivity index (χ3n) is 2.40. The zero-order chi connectivity index (χ0) is 17.1. The molecule has 0 aliphatic rings. The second-order valence-corrected chi connectivity index (χ2v) is 6.48. The standard InChI is InChI=1S/C14H18O7S/c1-8(2)20-13(15)10-5-6-11(14(16)21-9(3)4)12(7-10)22(17,18)19/h5-9H,1-4H3,(H,17,18,19). The highest BCUT2D eigenvalue weighted by atomic mass is 32.2. The van der Waals surface area contributed by atoms with E-state index in [-0.39, 0.29) is 11.1 Å². The Morgan fingerprint density at radius 1 is 1.00 bits per heavy atom. The first-order valence-corrected chi connectivity index (χ1v) is 8.00. The summed E-state index contributed by atoms with van der Waals surface area (Å²) in [6.45, 7) is 6.46. The highest BCUT2D eigenvalue weighted by Gasteiger charge is 2.24. The van der Waals surface area contributed by atoms with Gasteiger partial charge in [-0.25, -0.2) is 9.59 Å². The molecule has 0 saturated carbocycles. The summed E-state index contributed by atoms with van der Waals surface area (Å²) in [6, 6.07) is 3.22. The van der Waals surface area contributed by atoms with Crippen molar-refractivity contribution in [2.45, 2.75) is 44.8 Å². The normalized spacial score (nSPS) is 11.6. The second kappa shape index (κ2) is 6.89. The molecule has 22 heavy (non-hydrogen) atoms. The monoisotopic (exact) mass is 330 g/mol. The van der Waals surface area contributed by atoms with E-state index in [1.165, 1.54) is 6.07 Å². The fraction of sp³-hybridized carbons (Fsp3) is 0.429. The van der Waals surface area contributed by atoms with E-state index in [1.54, 1.807) is 27.7 Å². The highest BCUT2D eigenvalue weighted by molar-refractivity contribution is 7.86. The SMILES string of the molecule is CC(C)OC(=O)c1ccc(C(=O)OC(C)C)c(S(=O)(=O)O)c1. The third-order valence-corrected chi connectivity index (χ3v) is 3.29. The van der Waals surface area contributed by atoms with E-state index >= 15 is 0 Å². The molecule has 0 fully saturated rings. The number of esters is 2. The first-order valence-electron chi connectivity index (χ1n) is 6.56. The average molecular weight is 330 g/mol. The molecule has 0 spiro atoms. The zero-order valence-electron chi connectivity index (χ0n) is 12.7. The predicted molar refractivity (Wildman–Crippen MR) is 77.4 cm³/mol. The van der Waals surface area contributed by atoms with Crippen LogP contribution in [0.15, 0.2) is 23.1 Å².